The summed E-state index contributed by atoms with van der Waals surface area (Å²) in [6, 6.07) is 0. The highest BCUT2D eigenvalue weighted by Gasteiger charge is 2.42. The smallest absolute Gasteiger partial charge is 0.313 e. The summed E-state index contributed by atoms with van der Waals surface area (Å²) in [5.41, 5.74) is 0.383. The summed E-state index contributed by atoms with van der Waals surface area (Å²) in [5, 5.41) is 0.488. The van der Waals surface area contributed by atoms with Crippen LogP contribution in [0, 0.1) is 12.3 Å². The Hall–Kier alpha value is -1.36. The molecule has 21 heavy (non-hydrogen) atoms. The van der Waals surface area contributed by atoms with Gasteiger partial charge in [-0.1, -0.05) is 18.5 Å². The van der Waals surface area contributed by atoms with Crippen LogP contribution in [-0.4, -0.2) is 35.6 Å². The zero-order valence-electron chi connectivity index (χ0n) is 13.1. The molecule has 1 fully saturated rings. The van der Waals surface area contributed by atoms with E-state index in [1.807, 2.05) is 27.7 Å². The molecule has 0 spiro atoms. The van der Waals surface area contributed by atoms with Gasteiger partial charge in [0.25, 0.3) is 0 Å². The summed E-state index contributed by atoms with van der Waals surface area (Å²) in [5.74, 6) is 1.42. The van der Waals surface area contributed by atoms with E-state index in [0.29, 0.717) is 18.3 Å². The Balaban J connectivity index is 2.25. The molecule has 1 unspecified atom stereocenters. The van der Waals surface area contributed by atoms with E-state index in [2.05, 4.69) is 14.9 Å². The van der Waals surface area contributed by atoms with Gasteiger partial charge in [-0.3, -0.25) is 4.79 Å². The second kappa shape index (κ2) is 6.18. The van der Waals surface area contributed by atoms with E-state index in [1.54, 1.807) is 0 Å². The van der Waals surface area contributed by atoms with E-state index in [4.69, 9.17) is 16.3 Å². The SMILES string of the molecule is CCOC(=O)C1(C)CCN(c2nc(CC)nc(Cl)c2C)C1. The summed E-state index contributed by atoms with van der Waals surface area (Å²) in [6.07, 6.45) is 1.49. The van der Waals surface area contributed by atoms with E-state index in [-0.39, 0.29) is 5.97 Å². The minimum atomic E-state index is -0.480. The molecule has 1 saturated heterocycles. The molecule has 0 aromatic carbocycles. The topological polar surface area (TPSA) is 55.3 Å². The predicted molar refractivity (Wildman–Crippen MR) is 82.7 cm³/mol. The average molecular weight is 312 g/mol. The molecule has 1 aromatic heterocycles. The summed E-state index contributed by atoms with van der Waals surface area (Å²) in [4.78, 5) is 23.1. The fourth-order valence-electron chi connectivity index (χ4n) is 2.60. The van der Waals surface area contributed by atoms with Crippen molar-refractivity contribution < 1.29 is 9.53 Å². The number of aryl methyl sites for hydroxylation is 1. The Bertz CT molecular complexity index is 550. The lowest BCUT2D eigenvalue weighted by Crippen LogP contribution is -2.34. The molecular formula is C15H22ClN3O2. The Kier molecular flexibility index (Phi) is 4.71. The van der Waals surface area contributed by atoms with Crippen molar-refractivity contribution in [2.75, 3.05) is 24.6 Å². The first-order valence-electron chi connectivity index (χ1n) is 7.36. The molecule has 0 saturated carbocycles. The molecule has 2 rings (SSSR count). The fraction of sp³-hybridized carbons (Fsp3) is 0.667. The number of hydrogen-bond acceptors (Lipinski definition) is 5. The molecule has 0 aliphatic carbocycles. The Morgan fingerprint density at radius 3 is 2.76 bits per heavy atom. The third-order valence-corrected chi connectivity index (χ3v) is 4.33. The van der Waals surface area contributed by atoms with Crippen LogP contribution < -0.4 is 4.90 Å². The maximum Gasteiger partial charge on any atom is 0.313 e. The van der Waals surface area contributed by atoms with Crippen LogP contribution in [0.3, 0.4) is 0 Å². The number of carbonyl (C=O) groups excluding carboxylic acids is 1. The van der Waals surface area contributed by atoms with Crippen LogP contribution in [-0.2, 0) is 16.0 Å². The lowest BCUT2D eigenvalue weighted by atomic mass is 9.90. The highest BCUT2D eigenvalue weighted by molar-refractivity contribution is 6.30. The summed E-state index contributed by atoms with van der Waals surface area (Å²) in [7, 11) is 0. The fourth-order valence-corrected chi connectivity index (χ4v) is 2.78. The van der Waals surface area contributed by atoms with Crippen molar-refractivity contribution in [3.8, 4) is 0 Å². The molecule has 0 N–H and O–H groups in total. The van der Waals surface area contributed by atoms with Crippen LogP contribution in [0.4, 0.5) is 5.82 Å². The molecule has 0 amide bonds. The van der Waals surface area contributed by atoms with Gasteiger partial charge in [-0.15, -0.1) is 0 Å². The van der Waals surface area contributed by atoms with Gasteiger partial charge in [0.1, 0.15) is 16.8 Å². The Morgan fingerprint density at radius 2 is 2.14 bits per heavy atom. The van der Waals surface area contributed by atoms with Crippen LogP contribution >= 0.6 is 11.6 Å². The maximum absolute atomic E-state index is 12.1. The zero-order chi connectivity index (χ0) is 15.6. The lowest BCUT2D eigenvalue weighted by molar-refractivity contribution is -0.153. The standard InChI is InChI=1S/C15H22ClN3O2/c1-5-11-17-12(16)10(3)13(18-11)19-8-7-15(4,9-19)14(20)21-6-2/h5-9H2,1-4H3. The number of anilines is 1. The predicted octanol–water partition coefficient (Wildman–Crippen LogP) is 2.78. The van der Waals surface area contributed by atoms with Crippen molar-refractivity contribution in [3.05, 3.63) is 16.5 Å². The van der Waals surface area contributed by atoms with Gasteiger partial charge in [-0.05, 0) is 27.2 Å². The van der Waals surface area contributed by atoms with Crippen molar-refractivity contribution >= 4 is 23.4 Å². The maximum atomic E-state index is 12.1. The average Bonchev–Trinajstić information content (AvgIpc) is 2.86. The number of carbonyl (C=O) groups is 1. The van der Waals surface area contributed by atoms with Crippen molar-refractivity contribution in [1.29, 1.82) is 0 Å². The van der Waals surface area contributed by atoms with Crippen LogP contribution in [0.5, 0.6) is 0 Å². The van der Waals surface area contributed by atoms with E-state index >= 15 is 0 Å². The summed E-state index contributed by atoms with van der Waals surface area (Å²) >= 11 is 6.19. The Labute approximate surface area is 130 Å². The quantitative estimate of drug-likeness (QED) is 0.632. The second-order valence-electron chi connectivity index (χ2n) is 5.69. The van der Waals surface area contributed by atoms with Gasteiger partial charge in [0.05, 0.1) is 12.0 Å². The monoisotopic (exact) mass is 311 g/mol. The number of aromatic nitrogens is 2. The van der Waals surface area contributed by atoms with Crippen molar-refractivity contribution in [2.45, 2.75) is 40.5 Å². The van der Waals surface area contributed by atoms with Gasteiger partial charge < -0.3 is 9.64 Å². The molecule has 0 bridgehead atoms. The van der Waals surface area contributed by atoms with Gasteiger partial charge in [-0.2, -0.15) is 0 Å². The van der Waals surface area contributed by atoms with Gasteiger partial charge in [0.2, 0.25) is 0 Å². The van der Waals surface area contributed by atoms with Crippen LogP contribution in [0.2, 0.25) is 5.15 Å². The van der Waals surface area contributed by atoms with Crippen LogP contribution in [0.25, 0.3) is 0 Å². The molecule has 1 aromatic rings. The Morgan fingerprint density at radius 1 is 1.43 bits per heavy atom. The first-order chi connectivity index (χ1) is 9.91. The van der Waals surface area contributed by atoms with Gasteiger partial charge in [0.15, 0.2) is 0 Å². The lowest BCUT2D eigenvalue weighted by Gasteiger charge is -2.24. The summed E-state index contributed by atoms with van der Waals surface area (Å²) in [6.45, 7) is 9.47. The van der Waals surface area contributed by atoms with E-state index < -0.39 is 5.41 Å². The van der Waals surface area contributed by atoms with Gasteiger partial charge in [-0.25, -0.2) is 9.97 Å². The molecule has 5 nitrogen and oxygen atoms in total. The third kappa shape index (κ3) is 3.12. The van der Waals surface area contributed by atoms with E-state index in [1.165, 1.54) is 0 Å². The van der Waals surface area contributed by atoms with E-state index in [9.17, 15) is 4.79 Å². The number of hydrogen-bond donors (Lipinski definition) is 0. The van der Waals surface area contributed by atoms with E-state index in [0.717, 1.165) is 36.6 Å². The number of nitrogens with zero attached hydrogens (tertiary/aromatic N) is 3. The van der Waals surface area contributed by atoms with Crippen molar-refractivity contribution in [1.82, 2.24) is 9.97 Å². The third-order valence-electron chi connectivity index (χ3n) is 3.96. The number of rotatable bonds is 4. The largest absolute Gasteiger partial charge is 0.466 e. The minimum Gasteiger partial charge on any atom is -0.466 e. The number of halogens is 1. The normalized spacial score (nSPS) is 21.7. The molecule has 1 aliphatic rings. The van der Waals surface area contributed by atoms with Gasteiger partial charge in [0, 0.05) is 25.1 Å². The molecular weight excluding hydrogens is 290 g/mol. The molecule has 6 heteroatoms. The van der Waals surface area contributed by atoms with Crippen LogP contribution in [0.15, 0.2) is 0 Å². The van der Waals surface area contributed by atoms with Crippen LogP contribution in [0.1, 0.15) is 38.6 Å². The molecule has 1 aliphatic heterocycles. The molecule has 1 atom stereocenters. The number of esters is 1. The second-order valence-corrected chi connectivity index (χ2v) is 6.04. The highest BCUT2D eigenvalue weighted by atomic mass is 35.5. The highest BCUT2D eigenvalue weighted by Crippen LogP contribution is 2.35. The number of ether oxygens (including phenoxy) is 1. The molecule has 0 radical (unpaired) electrons. The first kappa shape index (κ1) is 16.0. The minimum absolute atomic E-state index is 0.138. The first-order valence-corrected chi connectivity index (χ1v) is 7.74. The summed E-state index contributed by atoms with van der Waals surface area (Å²) < 4.78 is 5.19. The zero-order valence-corrected chi connectivity index (χ0v) is 13.8. The molecule has 116 valence electrons. The van der Waals surface area contributed by atoms with Crippen molar-refractivity contribution in [2.24, 2.45) is 5.41 Å². The van der Waals surface area contributed by atoms with Gasteiger partial charge >= 0.3 is 5.97 Å². The van der Waals surface area contributed by atoms with Crippen molar-refractivity contribution in [3.63, 3.8) is 0 Å². The molecule has 2 heterocycles.